The Morgan fingerprint density at radius 3 is 2.79 bits per heavy atom. The Labute approximate surface area is 114 Å². The van der Waals surface area contributed by atoms with Crippen LogP contribution in [0.1, 0.15) is 12.0 Å². The van der Waals surface area contributed by atoms with Gasteiger partial charge < -0.3 is 10.2 Å². The number of aliphatic hydroxyl groups excluding tert-OH is 2. The molecule has 1 aliphatic carbocycles. The van der Waals surface area contributed by atoms with E-state index < -0.39 is 16.7 Å². The molecule has 0 amide bonds. The number of aromatic nitrogens is 2. The molecule has 0 spiro atoms. The third-order valence-electron chi connectivity index (χ3n) is 3.66. The van der Waals surface area contributed by atoms with Crippen LogP contribution >= 0.6 is 11.6 Å². The van der Waals surface area contributed by atoms with Crippen LogP contribution in [-0.4, -0.2) is 33.0 Å². The molecule has 0 bridgehead atoms. The average Bonchev–Trinajstić information content (AvgIpc) is 3.09. The summed E-state index contributed by atoms with van der Waals surface area (Å²) in [6.07, 6.45) is 3.45. The highest BCUT2D eigenvalue weighted by Gasteiger charge is 2.53. The second kappa shape index (κ2) is 5.32. The number of nitrogens with zero attached hydrogens (tertiary/aromatic N) is 1. The fourth-order valence-electron chi connectivity index (χ4n) is 2.30. The van der Waals surface area contributed by atoms with Crippen molar-refractivity contribution in [2.24, 2.45) is 11.3 Å². The molecule has 0 radical (unpaired) electrons. The van der Waals surface area contributed by atoms with Gasteiger partial charge in [0, 0.05) is 30.3 Å². The number of aliphatic hydroxyl groups is 2. The van der Waals surface area contributed by atoms with Crippen LogP contribution in [0.3, 0.4) is 0 Å². The third-order valence-corrected chi connectivity index (χ3v) is 3.79. The van der Waals surface area contributed by atoms with Crippen molar-refractivity contribution < 1.29 is 10.2 Å². The van der Waals surface area contributed by atoms with Crippen molar-refractivity contribution in [3.05, 3.63) is 38.1 Å². The molecule has 0 saturated heterocycles. The topological polar surface area (TPSA) is 95.3 Å². The van der Waals surface area contributed by atoms with Gasteiger partial charge in [-0.3, -0.25) is 14.3 Å². The van der Waals surface area contributed by atoms with Crippen molar-refractivity contribution in [3.8, 4) is 0 Å². The van der Waals surface area contributed by atoms with Crippen molar-refractivity contribution in [2.75, 3.05) is 13.2 Å². The Morgan fingerprint density at radius 2 is 2.26 bits per heavy atom. The van der Waals surface area contributed by atoms with Gasteiger partial charge in [0.25, 0.3) is 5.56 Å². The summed E-state index contributed by atoms with van der Waals surface area (Å²) in [5.74, 6) is -0.0108. The van der Waals surface area contributed by atoms with Crippen LogP contribution in [0.5, 0.6) is 0 Å². The molecule has 19 heavy (non-hydrogen) atoms. The van der Waals surface area contributed by atoms with Crippen LogP contribution < -0.4 is 11.2 Å². The SMILES string of the molecule is O=c1[nH]c(=O)n(CC2(CO)CC2CO)cc1/C=C/Cl. The Morgan fingerprint density at radius 1 is 1.53 bits per heavy atom. The molecule has 1 heterocycles. The molecule has 2 rings (SSSR count). The summed E-state index contributed by atoms with van der Waals surface area (Å²) in [6, 6.07) is 0. The highest BCUT2D eigenvalue weighted by atomic mass is 35.5. The molecule has 1 saturated carbocycles. The second-order valence-corrected chi connectivity index (χ2v) is 5.12. The number of nitrogens with one attached hydrogen (secondary N) is 1. The van der Waals surface area contributed by atoms with Gasteiger partial charge in [-0.1, -0.05) is 11.6 Å². The minimum Gasteiger partial charge on any atom is -0.396 e. The maximum absolute atomic E-state index is 11.7. The first kappa shape index (κ1) is 14.0. The molecule has 104 valence electrons. The van der Waals surface area contributed by atoms with Gasteiger partial charge in [0.15, 0.2) is 0 Å². The Balaban J connectivity index is 2.33. The smallest absolute Gasteiger partial charge is 0.328 e. The Kier molecular flexibility index (Phi) is 3.93. The third kappa shape index (κ3) is 2.65. The van der Waals surface area contributed by atoms with E-state index in [4.69, 9.17) is 16.7 Å². The zero-order valence-corrected chi connectivity index (χ0v) is 10.9. The van der Waals surface area contributed by atoms with E-state index in [0.717, 1.165) is 0 Å². The lowest BCUT2D eigenvalue weighted by Crippen LogP contribution is -2.34. The fourth-order valence-corrected chi connectivity index (χ4v) is 2.43. The van der Waals surface area contributed by atoms with Crippen LogP contribution in [0.15, 0.2) is 21.3 Å². The van der Waals surface area contributed by atoms with Crippen molar-refractivity contribution >= 4 is 17.7 Å². The van der Waals surface area contributed by atoms with E-state index >= 15 is 0 Å². The molecular weight excluding hydrogens is 272 g/mol. The van der Waals surface area contributed by atoms with Crippen molar-refractivity contribution in [2.45, 2.75) is 13.0 Å². The van der Waals surface area contributed by atoms with Crippen LogP contribution in [0.2, 0.25) is 0 Å². The van der Waals surface area contributed by atoms with Gasteiger partial charge in [-0.15, -0.1) is 0 Å². The molecule has 0 aliphatic heterocycles. The minimum absolute atomic E-state index is 0.0108. The number of H-pyrrole nitrogens is 1. The van der Waals surface area contributed by atoms with Gasteiger partial charge in [-0.05, 0) is 18.4 Å². The molecule has 0 aromatic carbocycles. The van der Waals surface area contributed by atoms with Gasteiger partial charge in [-0.25, -0.2) is 4.79 Å². The molecule has 7 heteroatoms. The van der Waals surface area contributed by atoms with Gasteiger partial charge in [0.1, 0.15) is 0 Å². The molecular formula is C12H15ClN2O4. The molecule has 1 aromatic heterocycles. The fraction of sp³-hybridized carbons (Fsp3) is 0.500. The molecule has 1 aromatic rings. The number of hydrogen-bond donors (Lipinski definition) is 3. The number of halogens is 1. The summed E-state index contributed by atoms with van der Waals surface area (Å²) in [5.41, 5.74) is -0.0594. The first-order chi connectivity index (χ1) is 9.06. The molecule has 2 atom stereocenters. The maximum atomic E-state index is 11.7. The standard InChI is InChI=1S/C12H15ClN2O4/c13-2-1-8-4-15(11(19)14-10(8)18)6-12(7-17)3-9(12)5-16/h1-2,4,9,16-17H,3,5-7H2,(H,14,18,19)/b2-1+. The first-order valence-electron chi connectivity index (χ1n) is 5.88. The zero-order valence-electron chi connectivity index (χ0n) is 10.2. The monoisotopic (exact) mass is 286 g/mol. The van der Waals surface area contributed by atoms with Gasteiger partial charge in [0.05, 0.1) is 12.2 Å². The predicted octanol–water partition coefficient (Wildman–Crippen LogP) is -0.263. The van der Waals surface area contributed by atoms with E-state index in [2.05, 4.69) is 4.98 Å². The van der Waals surface area contributed by atoms with Crippen molar-refractivity contribution in [1.29, 1.82) is 0 Å². The van der Waals surface area contributed by atoms with E-state index in [0.29, 0.717) is 6.42 Å². The quantitative estimate of drug-likeness (QED) is 0.695. The number of hydrogen-bond acceptors (Lipinski definition) is 4. The first-order valence-corrected chi connectivity index (χ1v) is 6.32. The predicted molar refractivity (Wildman–Crippen MR) is 70.9 cm³/mol. The van der Waals surface area contributed by atoms with E-state index in [-0.39, 0.29) is 31.2 Å². The van der Waals surface area contributed by atoms with Crippen molar-refractivity contribution in [3.63, 3.8) is 0 Å². The lowest BCUT2D eigenvalue weighted by molar-refractivity contribution is 0.156. The van der Waals surface area contributed by atoms with Gasteiger partial charge in [0.2, 0.25) is 0 Å². The van der Waals surface area contributed by atoms with Gasteiger partial charge >= 0.3 is 5.69 Å². The molecule has 6 nitrogen and oxygen atoms in total. The van der Waals surface area contributed by atoms with E-state index in [1.807, 2.05) is 0 Å². The van der Waals surface area contributed by atoms with E-state index in [1.54, 1.807) is 0 Å². The molecule has 1 fully saturated rings. The highest BCUT2D eigenvalue weighted by molar-refractivity contribution is 6.27. The summed E-state index contributed by atoms with van der Waals surface area (Å²) in [5, 5.41) is 18.5. The van der Waals surface area contributed by atoms with Crippen LogP contribution in [0.4, 0.5) is 0 Å². The van der Waals surface area contributed by atoms with Crippen LogP contribution in [0, 0.1) is 11.3 Å². The van der Waals surface area contributed by atoms with Crippen molar-refractivity contribution in [1.82, 2.24) is 9.55 Å². The Bertz CT molecular complexity index is 606. The van der Waals surface area contributed by atoms with E-state index in [1.165, 1.54) is 22.4 Å². The summed E-state index contributed by atoms with van der Waals surface area (Å²) in [6.45, 7) is 0.130. The lowest BCUT2D eigenvalue weighted by Gasteiger charge is -2.15. The second-order valence-electron chi connectivity index (χ2n) is 4.87. The summed E-state index contributed by atoms with van der Waals surface area (Å²) >= 11 is 5.42. The normalized spacial score (nSPS) is 25.9. The average molecular weight is 287 g/mol. The van der Waals surface area contributed by atoms with Gasteiger partial charge in [-0.2, -0.15) is 0 Å². The molecule has 3 N–H and O–H groups in total. The zero-order chi connectivity index (χ0) is 14.0. The largest absolute Gasteiger partial charge is 0.396 e. The Hall–Kier alpha value is -1.37. The number of aromatic amines is 1. The summed E-state index contributed by atoms with van der Waals surface area (Å²) < 4.78 is 1.33. The summed E-state index contributed by atoms with van der Waals surface area (Å²) in [7, 11) is 0. The highest BCUT2D eigenvalue weighted by Crippen LogP contribution is 2.52. The lowest BCUT2D eigenvalue weighted by atomic mass is 10.1. The van der Waals surface area contributed by atoms with Crippen LogP contribution in [-0.2, 0) is 6.54 Å². The molecule has 1 aliphatic rings. The maximum Gasteiger partial charge on any atom is 0.328 e. The molecule has 2 unspecified atom stereocenters. The summed E-state index contributed by atoms with van der Waals surface area (Å²) in [4.78, 5) is 25.4. The van der Waals surface area contributed by atoms with Crippen LogP contribution in [0.25, 0.3) is 6.08 Å². The minimum atomic E-state index is -0.534. The van der Waals surface area contributed by atoms with E-state index in [9.17, 15) is 14.7 Å². The number of rotatable bonds is 5.